The molecule has 2 rings (SSSR count). The van der Waals surface area contributed by atoms with Crippen molar-refractivity contribution in [2.75, 3.05) is 0 Å². The summed E-state index contributed by atoms with van der Waals surface area (Å²) in [6, 6.07) is 8.02. The maximum absolute atomic E-state index is 5.68. The van der Waals surface area contributed by atoms with Crippen LogP contribution in [0.4, 0.5) is 0 Å². The van der Waals surface area contributed by atoms with Crippen LogP contribution >= 0.6 is 12.4 Å². The largest absolute Gasteiger partial charge is 0.461 e. The van der Waals surface area contributed by atoms with Crippen LogP contribution in [0, 0.1) is 0 Å². The molecule has 76 valence electrons. The topological polar surface area (TPSA) is 39.2 Å². The molecule has 2 nitrogen and oxygen atoms in total. The quantitative estimate of drug-likeness (QED) is 0.830. The monoisotopic (exact) mass is 211 g/mol. The molecule has 3 heteroatoms. The molecule has 0 aliphatic carbocycles. The first-order valence-corrected chi connectivity index (χ1v) is 4.56. The third-order valence-corrected chi connectivity index (χ3v) is 2.31. The predicted molar refractivity (Wildman–Crippen MR) is 60.7 cm³/mol. The number of hydrogen-bond acceptors (Lipinski definition) is 2. The van der Waals surface area contributed by atoms with Crippen LogP contribution in [0.1, 0.15) is 18.2 Å². The van der Waals surface area contributed by atoms with E-state index in [1.165, 1.54) is 0 Å². The second-order valence-corrected chi connectivity index (χ2v) is 3.06. The van der Waals surface area contributed by atoms with Crippen molar-refractivity contribution in [3.63, 3.8) is 0 Å². The fourth-order valence-corrected chi connectivity index (χ4v) is 1.66. The van der Waals surface area contributed by atoms with E-state index in [1.54, 1.807) is 0 Å². The summed E-state index contributed by atoms with van der Waals surface area (Å²) >= 11 is 0. The van der Waals surface area contributed by atoms with E-state index < -0.39 is 0 Å². The smallest absolute Gasteiger partial charge is 0.134 e. The van der Waals surface area contributed by atoms with Crippen LogP contribution in [-0.4, -0.2) is 0 Å². The maximum atomic E-state index is 5.68. The van der Waals surface area contributed by atoms with Crippen molar-refractivity contribution in [2.24, 2.45) is 5.73 Å². The number of fused-ring (bicyclic) bond motifs is 1. The van der Waals surface area contributed by atoms with E-state index in [1.807, 2.05) is 18.2 Å². The van der Waals surface area contributed by atoms with Gasteiger partial charge in [0.2, 0.25) is 0 Å². The van der Waals surface area contributed by atoms with Crippen molar-refractivity contribution in [1.29, 1.82) is 0 Å². The summed E-state index contributed by atoms with van der Waals surface area (Å²) in [6.07, 6.45) is 0.904. The van der Waals surface area contributed by atoms with Gasteiger partial charge in [-0.3, -0.25) is 0 Å². The summed E-state index contributed by atoms with van der Waals surface area (Å²) < 4.78 is 5.66. The Hall–Kier alpha value is -0.990. The zero-order valence-electron chi connectivity index (χ0n) is 8.12. The Morgan fingerprint density at radius 3 is 2.64 bits per heavy atom. The molecule has 1 heterocycles. The fraction of sp³-hybridized carbons (Fsp3) is 0.273. The lowest BCUT2D eigenvalue weighted by Crippen LogP contribution is -1.97. The molecule has 0 radical (unpaired) electrons. The standard InChI is InChI=1S/C11H13NO.ClH/c1-2-10-9(7-12)8-5-3-4-6-11(8)13-10;/h3-6H,2,7,12H2,1H3;1H. The molecule has 1 aromatic carbocycles. The first-order chi connectivity index (χ1) is 6.36. The van der Waals surface area contributed by atoms with E-state index in [0.717, 1.165) is 28.7 Å². The molecule has 0 aliphatic heterocycles. The van der Waals surface area contributed by atoms with Gasteiger partial charge in [0.15, 0.2) is 0 Å². The summed E-state index contributed by atoms with van der Waals surface area (Å²) in [5, 5.41) is 1.15. The average molecular weight is 212 g/mol. The van der Waals surface area contributed by atoms with Gasteiger partial charge in [-0.25, -0.2) is 0 Å². The van der Waals surface area contributed by atoms with Crippen LogP contribution in [0.2, 0.25) is 0 Å². The molecule has 1 aromatic heterocycles. The van der Waals surface area contributed by atoms with E-state index in [9.17, 15) is 0 Å². The average Bonchev–Trinajstić information content (AvgIpc) is 2.55. The zero-order chi connectivity index (χ0) is 9.26. The molecule has 2 N–H and O–H groups in total. The fourth-order valence-electron chi connectivity index (χ4n) is 1.66. The van der Waals surface area contributed by atoms with Gasteiger partial charge in [0.1, 0.15) is 11.3 Å². The molecule has 0 unspecified atom stereocenters. The van der Waals surface area contributed by atoms with Crippen molar-refractivity contribution < 1.29 is 4.42 Å². The SMILES string of the molecule is CCc1oc2ccccc2c1CN.Cl. The van der Waals surface area contributed by atoms with Crippen molar-refractivity contribution in [3.8, 4) is 0 Å². The maximum Gasteiger partial charge on any atom is 0.134 e. The molecule has 0 fully saturated rings. The Morgan fingerprint density at radius 2 is 2.00 bits per heavy atom. The van der Waals surface area contributed by atoms with Crippen molar-refractivity contribution in [1.82, 2.24) is 0 Å². The van der Waals surface area contributed by atoms with Gasteiger partial charge in [-0.1, -0.05) is 25.1 Å². The normalized spacial score (nSPS) is 10.1. The molecule has 0 bridgehead atoms. The van der Waals surface area contributed by atoms with Crippen molar-refractivity contribution in [2.45, 2.75) is 19.9 Å². The molecule has 0 saturated carbocycles. The van der Waals surface area contributed by atoms with Crippen LogP contribution in [-0.2, 0) is 13.0 Å². The Balaban J connectivity index is 0.000000980. The van der Waals surface area contributed by atoms with Gasteiger partial charge in [0.05, 0.1) is 0 Å². The van der Waals surface area contributed by atoms with E-state index in [2.05, 4.69) is 13.0 Å². The first-order valence-electron chi connectivity index (χ1n) is 4.56. The summed E-state index contributed by atoms with van der Waals surface area (Å²) in [7, 11) is 0. The van der Waals surface area contributed by atoms with E-state index >= 15 is 0 Å². The minimum Gasteiger partial charge on any atom is -0.461 e. The van der Waals surface area contributed by atoms with Gasteiger partial charge in [0.25, 0.3) is 0 Å². The van der Waals surface area contributed by atoms with Crippen LogP contribution < -0.4 is 5.73 Å². The molecular formula is C11H14ClNO. The molecule has 0 atom stereocenters. The van der Waals surface area contributed by atoms with Gasteiger partial charge in [0, 0.05) is 23.9 Å². The third-order valence-electron chi connectivity index (χ3n) is 2.31. The van der Waals surface area contributed by atoms with Crippen LogP contribution in [0.15, 0.2) is 28.7 Å². The van der Waals surface area contributed by atoms with Crippen LogP contribution in [0.25, 0.3) is 11.0 Å². The first kappa shape index (κ1) is 11.1. The van der Waals surface area contributed by atoms with Gasteiger partial charge in [-0.15, -0.1) is 12.4 Å². The summed E-state index contributed by atoms with van der Waals surface area (Å²) in [6.45, 7) is 2.64. The minimum atomic E-state index is 0. The summed E-state index contributed by atoms with van der Waals surface area (Å²) in [5.74, 6) is 1.02. The van der Waals surface area contributed by atoms with Gasteiger partial charge < -0.3 is 10.2 Å². The van der Waals surface area contributed by atoms with Gasteiger partial charge >= 0.3 is 0 Å². The predicted octanol–water partition coefficient (Wildman–Crippen LogP) is 2.88. The minimum absolute atomic E-state index is 0. The zero-order valence-corrected chi connectivity index (χ0v) is 8.93. The lowest BCUT2D eigenvalue weighted by atomic mass is 10.1. The highest BCUT2D eigenvalue weighted by molar-refractivity contribution is 5.85. The molecule has 0 aliphatic rings. The number of benzene rings is 1. The number of rotatable bonds is 2. The second kappa shape index (κ2) is 4.49. The van der Waals surface area contributed by atoms with Crippen molar-refractivity contribution >= 4 is 23.4 Å². The summed E-state index contributed by atoms with van der Waals surface area (Å²) in [5.41, 5.74) is 7.77. The Morgan fingerprint density at radius 1 is 1.29 bits per heavy atom. The second-order valence-electron chi connectivity index (χ2n) is 3.06. The number of furan rings is 1. The molecule has 0 saturated heterocycles. The number of nitrogens with two attached hydrogens (primary N) is 1. The molecule has 14 heavy (non-hydrogen) atoms. The number of hydrogen-bond donors (Lipinski definition) is 1. The summed E-state index contributed by atoms with van der Waals surface area (Å²) in [4.78, 5) is 0. The number of para-hydroxylation sites is 1. The van der Waals surface area contributed by atoms with E-state index in [0.29, 0.717) is 6.54 Å². The highest BCUT2D eigenvalue weighted by atomic mass is 35.5. The Bertz CT molecular complexity index is 422. The third kappa shape index (κ3) is 1.63. The number of aryl methyl sites for hydroxylation is 1. The number of halogens is 1. The van der Waals surface area contributed by atoms with E-state index in [-0.39, 0.29) is 12.4 Å². The van der Waals surface area contributed by atoms with E-state index in [4.69, 9.17) is 10.2 Å². The highest BCUT2D eigenvalue weighted by Crippen LogP contribution is 2.25. The molecule has 2 aromatic rings. The Labute approximate surface area is 89.5 Å². The van der Waals surface area contributed by atoms with Crippen molar-refractivity contribution in [3.05, 3.63) is 35.6 Å². The molecule has 0 amide bonds. The van der Waals surface area contributed by atoms with Crippen LogP contribution in [0.3, 0.4) is 0 Å². The van der Waals surface area contributed by atoms with Gasteiger partial charge in [-0.05, 0) is 6.07 Å². The van der Waals surface area contributed by atoms with Gasteiger partial charge in [-0.2, -0.15) is 0 Å². The molecule has 0 spiro atoms. The Kier molecular flexibility index (Phi) is 3.55. The molecular weight excluding hydrogens is 198 g/mol. The lowest BCUT2D eigenvalue weighted by molar-refractivity contribution is 0.550. The highest BCUT2D eigenvalue weighted by Gasteiger charge is 2.09. The lowest BCUT2D eigenvalue weighted by Gasteiger charge is -1.94. The van der Waals surface area contributed by atoms with Crippen LogP contribution in [0.5, 0.6) is 0 Å².